The first-order valence-corrected chi connectivity index (χ1v) is 10.6. The molecule has 1 N–H and O–H groups in total. The Morgan fingerprint density at radius 2 is 1.62 bits per heavy atom. The standard InChI is InChI=1S/C23H35N3O3/c1-7-8-18-9-11-19(12-10-18)23(6)21(28)26(22(29)24-23)15-20(27)25(13-16(2)3)14-17(4)5/h9-12,16-17H,7-8,13-15H2,1-6H3,(H,24,29)/t23-/m0/s1. The molecule has 0 radical (unpaired) electrons. The molecule has 6 nitrogen and oxygen atoms in total. The van der Waals surface area contributed by atoms with E-state index in [-0.39, 0.29) is 18.4 Å². The number of imide groups is 1. The number of nitrogens with one attached hydrogen (secondary N) is 1. The first-order valence-electron chi connectivity index (χ1n) is 10.6. The Balaban J connectivity index is 2.17. The highest BCUT2D eigenvalue weighted by molar-refractivity contribution is 6.09. The van der Waals surface area contributed by atoms with Gasteiger partial charge >= 0.3 is 6.03 Å². The van der Waals surface area contributed by atoms with Gasteiger partial charge in [-0.3, -0.25) is 14.5 Å². The minimum absolute atomic E-state index is 0.196. The summed E-state index contributed by atoms with van der Waals surface area (Å²) in [5.74, 6) is 0.0481. The predicted molar refractivity (Wildman–Crippen MR) is 114 cm³/mol. The van der Waals surface area contributed by atoms with E-state index in [0.29, 0.717) is 24.9 Å². The SMILES string of the molecule is CCCc1ccc([C@]2(C)NC(=O)N(CC(=O)N(CC(C)C)CC(C)C)C2=O)cc1. The van der Waals surface area contributed by atoms with Gasteiger partial charge in [-0.15, -0.1) is 0 Å². The monoisotopic (exact) mass is 401 g/mol. The Morgan fingerprint density at radius 3 is 2.10 bits per heavy atom. The van der Waals surface area contributed by atoms with Crippen LogP contribution in [0.1, 0.15) is 59.1 Å². The number of hydrogen-bond acceptors (Lipinski definition) is 3. The van der Waals surface area contributed by atoms with E-state index in [1.807, 2.05) is 52.0 Å². The van der Waals surface area contributed by atoms with Crippen molar-refractivity contribution in [2.45, 2.75) is 59.9 Å². The summed E-state index contributed by atoms with van der Waals surface area (Å²) in [6, 6.07) is 7.24. The van der Waals surface area contributed by atoms with Gasteiger partial charge in [-0.1, -0.05) is 65.3 Å². The predicted octanol–water partition coefficient (Wildman–Crippen LogP) is 3.55. The van der Waals surface area contributed by atoms with Crippen molar-refractivity contribution in [3.8, 4) is 0 Å². The summed E-state index contributed by atoms with van der Waals surface area (Å²) in [7, 11) is 0. The van der Waals surface area contributed by atoms with Gasteiger partial charge in [-0.25, -0.2) is 4.79 Å². The molecule has 1 aromatic rings. The summed E-state index contributed by atoms with van der Waals surface area (Å²) >= 11 is 0. The maximum absolute atomic E-state index is 13.1. The highest BCUT2D eigenvalue weighted by Gasteiger charge is 2.49. The van der Waals surface area contributed by atoms with Crippen LogP contribution in [0.25, 0.3) is 0 Å². The molecule has 0 saturated carbocycles. The number of nitrogens with zero attached hydrogens (tertiary/aromatic N) is 2. The van der Waals surface area contributed by atoms with Crippen molar-refractivity contribution in [2.24, 2.45) is 11.8 Å². The Kier molecular flexibility index (Phi) is 7.44. The van der Waals surface area contributed by atoms with Crippen molar-refractivity contribution in [1.82, 2.24) is 15.1 Å². The van der Waals surface area contributed by atoms with Crippen LogP contribution >= 0.6 is 0 Å². The van der Waals surface area contributed by atoms with Crippen molar-refractivity contribution in [1.29, 1.82) is 0 Å². The van der Waals surface area contributed by atoms with Gasteiger partial charge in [0.1, 0.15) is 12.1 Å². The van der Waals surface area contributed by atoms with E-state index in [1.165, 1.54) is 5.56 Å². The van der Waals surface area contributed by atoms with E-state index < -0.39 is 11.6 Å². The van der Waals surface area contributed by atoms with Gasteiger partial charge in [-0.05, 0) is 36.3 Å². The van der Waals surface area contributed by atoms with Crippen molar-refractivity contribution in [3.63, 3.8) is 0 Å². The topological polar surface area (TPSA) is 69.7 Å². The zero-order valence-electron chi connectivity index (χ0n) is 18.6. The summed E-state index contributed by atoms with van der Waals surface area (Å²) in [4.78, 5) is 41.4. The first kappa shape index (κ1) is 22.9. The Hall–Kier alpha value is -2.37. The van der Waals surface area contributed by atoms with Gasteiger partial charge < -0.3 is 10.2 Å². The normalized spacial score (nSPS) is 19.2. The summed E-state index contributed by atoms with van der Waals surface area (Å²) in [6.07, 6.45) is 2.02. The van der Waals surface area contributed by atoms with Crippen molar-refractivity contribution in [2.75, 3.05) is 19.6 Å². The lowest BCUT2D eigenvalue weighted by Crippen LogP contribution is -2.46. The van der Waals surface area contributed by atoms with Crippen LogP contribution in [0.15, 0.2) is 24.3 Å². The fourth-order valence-electron chi connectivity index (χ4n) is 3.72. The molecular formula is C23H35N3O3. The van der Waals surface area contributed by atoms with Crippen LogP contribution in [0.4, 0.5) is 4.79 Å². The molecule has 0 spiro atoms. The van der Waals surface area contributed by atoms with Gasteiger partial charge in [0.05, 0.1) is 0 Å². The molecule has 0 unspecified atom stereocenters. The second-order valence-electron chi connectivity index (χ2n) is 8.98. The molecule has 1 aromatic carbocycles. The van der Waals surface area contributed by atoms with Crippen molar-refractivity contribution >= 4 is 17.8 Å². The molecule has 0 bridgehead atoms. The Morgan fingerprint density at radius 1 is 1.07 bits per heavy atom. The highest BCUT2D eigenvalue weighted by Crippen LogP contribution is 2.29. The summed E-state index contributed by atoms with van der Waals surface area (Å²) in [5, 5.41) is 2.79. The number of hydrogen-bond donors (Lipinski definition) is 1. The van der Waals surface area contributed by atoms with E-state index in [2.05, 4.69) is 12.2 Å². The average Bonchev–Trinajstić information content (AvgIpc) is 2.85. The number of urea groups is 1. The van der Waals surface area contributed by atoms with Gasteiger partial charge in [0.15, 0.2) is 0 Å². The molecule has 1 saturated heterocycles. The molecule has 1 atom stereocenters. The summed E-state index contributed by atoms with van der Waals surface area (Å²) < 4.78 is 0. The van der Waals surface area contributed by atoms with Crippen molar-refractivity contribution in [3.05, 3.63) is 35.4 Å². The van der Waals surface area contributed by atoms with Crippen LogP contribution in [-0.2, 0) is 21.5 Å². The molecule has 160 valence electrons. The number of rotatable bonds is 9. The first-order chi connectivity index (χ1) is 13.6. The molecule has 1 heterocycles. The number of carbonyl (C=O) groups is 3. The van der Waals surface area contributed by atoms with Crippen LogP contribution < -0.4 is 5.32 Å². The van der Waals surface area contributed by atoms with Gasteiger partial charge in [0, 0.05) is 13.1 Å². The maximum Gasteiger partial charge on any atom is 0.325 e. The van der Waals surface area contributed by atoms with E-state index >= 15 is 0 Å². The number of benzene rings is 1. The fourth-order valence-corrected chi connectivity index (χ4v) is 3.72. The average molecular weight is 402 g/mol. The third-order valence-electron chi connectivity index (χ3n) is 5.16. The van der Waals surface area contributed by atoms with Crippen molar-refractivity contribution < 1.29 is 14.4 Å². The van der Waals surface area contributed by atoms with Crippen LogP contribution in [0, 0.1) is 11.8 Å². The molecule has 6 heteroatoms. The Labute approximate surface area is 174 Å². The van der Waals surface area contributed by atoms with Crippen LogP contribution in [0.5, 0.6) is 0 Å². The molecular weight excluding hydrogens is 366 g/mol. The second kappa shape index (κ2) is 9.42. The fraction of sp³-hybridized carbons (Fsp3) is 0.609. The third kappa shape index (κ3) is 5.37. The summed E-state index contributed by atoms with van der Waals surface area (Å²) in [5.41, 5.74) is 0.775. The second-order valence-corrected chi connectivity index (χ2v) is 8.98. The van der Waals surface area contributed by atoms with E-state index in [9.17, 15) is 14.4 Å². The van der Waals surface area contributed by atoms with Crippen LogP contribution in [-0.4, -0.2) is 47.3 Å². The highest BCUT2D eigenvalue weighted by atomic mass is 16.2. The number of amides is 4. The lowest BCUT2D eigenvalue weighted by molar-refractivity contribution is -0.139. The number of aryl methyl sites for hydroxylation is 1. The molecule has 1 aliphatic heterocycles. The third-order valence-corrected chi connectivity index (χ3v) is 5.16. The smallest absolute Gasteiger partial charge is 0.325 e. The molecule has 1 fully saturated rings. The van der Waals surface area contributed by atoms with Gasteiger partial charge in [0.25, 0.3) is 5.91 Å². The molecule has 1 aliphatic rings. The lowest BCUT2D eigenvalue weighted by Gasteiger charge is -2.28. The largest absolute Gasteiger partial charge is 0.341 e. The molecule has 0 aromatic heterocycles. The van der Waals surface area contributed by atoms with Crippen LogP contribution in [0.2, 0.25) is 0 Å². The van der Waals surface area contributed by atoms with E-state index in [1.54, 1.807) is 11.8 Å². The molecule has 2 rings (SSSR count). The zero-order valence-corrected chi connectivity index (χ0v) is 18.6. The van der Waals surface area contributed by atoms with Gasteiger partial charge in [0.2, 0.25) is 5.91 Å². The zero-order chi connectivity index (χ0) is 21.8. The van der Waals surface area contributed by atoms with E-state index in [0.717, 1.165) is 23.3 Å². The van der Waals surface area contributed by atoms with Gasteiger partial charge in [-0.2, -0.15) is 0 Å². The van der Waals surface area contributed by atoms with E-state index in [4.69, 9.17) is 0 Å². The summed E-state index contributed by atoms with van der Waals surface area (Å²) in [6.45, 7) is 13.0. The molecule has 29 heavy (non-hydrogen) atoms. The maximum atomic E-state index is 13.1. The molecule has 4 amide bonds. The lowest BCUT2D eigenvalue weighted by atomic mass is 9.91. The minimum atomic E-state index is -1.15. The van der Waals surface area contributed by atoms with Crippen LogP contribution in [0.3, 0.4) is 0 Å². The number of carbonyl (C=O) groups excluding carboxylic acids is 3. The Bertz CT molecular complexity index is 732. The molecule has 0 aliphatic carbocycles. The minimum Gasteiger partial charge on any atom is -0.341 e. The quantitative estimate of drug-likeness (QED) is 0.644.